The van der Waals surface area contributed by atoms with E-state index in [1.54, 1.807) is 0 Å². The smallest absolute Gasteiger partial charge is 0.225 e. The fraction of sp³-hybridized carbons (Fsp3) is 0.667. The number of nitrogens with two attached hydrogens (primary N) is 1. The van der Waals surface area contributed by atoms with Gasteiger partial charge in [-0.15, -0.1) is 24.8 Å². The van der Waals surface area contributed by atoms with Crippen LogP contribution in [0.4, 0.5) is 11.4 Å². The molecule has 2 fully saturated rings. The normalized spacial score (nSPS) is 19.8. The first-order valence-electron chi connectivity index (χ1n) is 10.1. The Hall–Kier alpha value is -1.01. The van der Waals surface area contributed by atoms with Gasteiger partial charge in [-0.3, -0.25) is 4.79 Å². The van der Waals surface area contributed by atoms with E-state index >= 15 is 0 Å². The molecule has 0 unspecified atom stereocenters. The van der Waals surface area contributed by atoms with Crippen molar-refractivity contribution in [2.75, 3.05) is 37.3 Å². The van der Waals surface area contributed by atoms with Gasteiger partial charge in [-0.2, -0.15) is 0 Å². The lowest BCUT2D eigenvalue weighted by Crippen LogP contribution is -2.37. The first-order valence-corrected chi connectivity index (χ1v) is 10.1. The maximum absolute atomic E-state index is 12.7. The quantitative estimate of drug-likeness (QED) is 0.629. The van der Waals surface area contributed by atoms with Crippen LogP contribution in [0.1, 0.15) is 51.4 Å². The minimum atomic E-state index is -0.00133. The lowest BCUT2D eigenvalue weighted by atomic mass is 9.71. The maximum atomic E-state index is 12.7. The van der Waals surface area contributed by atoms with Crippen molar-refractivity contribution in [2.45, 2.75) is 57.4 Å². The van der Waals surface area contributed by atoms with Crippen molar-refractivity contribution in [3.05, 3.63) is 24.3 Å². The Bertz CT molecular complexity index is 600. The highest BCUT2D eigenvalue weighted by atomic mass is 35.5. The molecule has 0 atom stereocenters. The third-order valence-corrected chi connectivity index (χ3v) is 6.16. The molecule has 0 spiro atoms. The van der Waals surface area contributed by atoms with E-state index in [-0.39, 0.29) is 36.1 Å². The average molecular weight is 431 g/mol. The van der Waals surface area contributed by atoms with Crippen molar-refractivity contribution in [3.8, 4) is 0 Å². The number of anilines is 2. The average Bonchev–Trinajstić information content (AvgIpc) is 2.66. The number of para-hydroxylation sites is 2. The van der Waals surface area contributed by atoms with Gasteiger partial charge >= 0.3 is 0 Å². The van der Waals surface area contributed by atoms with Crippen LogP contribution < -0.4 is 16.4 Å². The van der Waals surface area contributed by atoms with E-state index in [0.29, 0.717) is 19.0 Å². The first-order chi connectivity index (χ1) is 12.6. The number of nitrogens with zero attached hydrogens (tertiary/aromatic N) is 1. The Morgan fingerprint density at radius 2 is 1.71 bits per heavy atom. The van der Waals surface area contributed by atoms with Crippen molar-refractivity contribution in [2.24, 2.45) is 11.1 Å². The summed E-state index contributed by atoms with van der Waals surface area (Å²) in [5.41, 5.74) is 7.96. The highest BCUT2D eigenvalue weighted by molar-refractivity contribution is 5.94. The number of halogens is 2. The molecule has 4 N–H and O–H groups in total. The predicted octanol–water partition coefficient (Wildman–Crippen LogP) is 4.27. The van der Waals surface area contributed by atoms with Gasteiger partial charge in [0.2, 0.25) is 5.91 Å². The molecule has 5 nitrogen and oxygen atoms in total. The van der Waals surface area contributed by atoms with Crippen molar-refractivity contribution in [3.63, 3.8) is 0 Å². The molecular formula is C21H36Cl2N4O. The van der Waals surface area contributed by atoms with Crippen LogP contribution >= 0.6 is 24.8 Å². The highest BCUT2D eigenvalue weighted by Crippen LogP contribution is 2.38. The Kier molecular flexibility index (Phi) is 10.6. The van der Waals surface area contributed by atoms with Crippen molar-refractivity contribution in [1.82, 2.24) is 4.90 Å². The van der Waals surface area contributed by atoms with Crippen molar-refractivity contribution < 1.29 is 4.79 Å². The summed E-state index contributed by atoms with van der Waals surface area (Å²) in [5, 5.41) is 6.78. The van der Waals surface area contributed by atoms with Crippen LogP contribution in [0, 0.1) is 5.41 Å². The maximum Gasteiger partial charge on any atom is 0.225 e. The third kappa shape index (κ3) is 6.80. The SMILES string of the molecule is CN1CCC(Nc2ccccc2NC(=O)CC2(CN)CCCCC2)CC1.Cl.Cl. The third-order valence-electron chi connectivity index (χ3n) is 6.16. The molecule has 160 valence electrons. The van der Waals surface area contributed by atoms with E-state index < -0.39 is 0 Å². The lowest BCUT2D eigenvalue weighted by Gasteiger charge is -2.35. The molecular weight excluding hydrogens is 395 g/mol. The van der Waals surface area contributed by atoms with Gasteiger partial charge in [0.25, 0.3) is 0 Å². The number of piperidine rings is 1. The van der Waals surface area contributed by atoms with Crippen LogP contribution in [0.3, 0.4) is 0 Å². The number of hydrogen-bond acceptors (Lipinski definition) is 4. The zero-order chi connectivity index (χ0) is 18.4. The molecule has 3 rings (SSSR count). The predicted molar refractivity (Wildman–Crippen MR) is 123 cm³/mol. The second-order valence-corrected chi connectivity index (χ2v) is 8.26. The molecule has 1 saturated carbocycles. The molecule has 1 aromatic carbocycles. The van der Waals surface area contributed by atoms with E-state index in [1.165, 1.54) is 19.3 Å². The zero-order valence-electron chi connectivity index (χ0n) is 16.9. The molecule has 1 aromatic rings. The van der Waals surface area contributed by atoms with Gasteiger partial charge in [-0.05, 0) is 69.9 Å². The van der Waals surface area contributed by atoms with Gasteiger partial charge in [0, 0.05) is 12.5 Å². The first kappa shape index (κ1) is 25.0. The summed E-state index contributed by atoms with van der Waals surface area (Å²) in [6.45, 7) is 2.84. The Morgan fingerprint density at radius 1 is 1.11 bits per heavy atom. The summed E-state index contributed by atoms with van der Waals surface area (Å²) in [6.07, 6.45) is 8.61. The minimum Gasteiger partial charge on any atom is -0.381 e. The molecule has 1 heterocycles. The lowest BCUT2D eigenvalue weighted by molar-refractivity contribution is -0.118. The number of rotatable bonds is 6. The van der Waals surface area contributed by atoms with Gasteiger partial charge in [0.15, 0.2) is 0 Å². The molecule has 0 bridgehead atoms. The molecule has 1 aliphatic carbocycles. The van der Waals surface area contributed by atoms with Crippen LogP contribution in [0.5, 0.6) is 0 Å². The van der Waals surface area contributed by atoms with Gasteiger partial charge in [0.1, 0.15) is 0 Å². The van der Waals surface area contributed by atoms with E-state index in [4.69, 9.17) is 5.73 Å². The number of nitrogens with one attached hydrogen (secondary N) is 2. The standard InChI is InChI=1S/C21H34N4O.2ClH/c1-25-13-9-17(10-14-25)23-18-7-3-4-8-19(18)24-20(26)15-21(16-22)11-5-2-6-12-21;;/h3-4,7-8,17,23H,2,5-6,9-16,22H2,1H3,(H,24,26);2*1H. The van der Waals surface area contributed by atoms with Crippen LogP contribution in [-0.2, 0) is 4.79 Å². The van der Waals surface area contributed by atoms with Crippen molar-refractivity contribution in [1.29, 1.82) is 0 Å². The molecule has 0 radical (unpaired) electrons. The second kappa shape index (κ2) is 11.9. The van der Waals surface area contributed by atoms with Gasteiger partial charge in [-0.25, -0.2) is 0 Å². The number of carbonyl (C=O) groups is 1. The summed E-state index contributed by atoms with van der Waals surface area (Å²) in [7, 11) is 2.17. The van der Waals surface area contributed by atoms with E-state index in [9.17, 15) is 4.79 Å². The molecule has 0 aromatic heterocycles. The zero-order valence-corrected chi connectivity index (χ0v) is 18.5. The van der Waals surface area contributed by atoms with Gasteiger partial charge in [-0.1, -0.05) is 31.4 Å². The number of carbonyl (C=O) groups excluding carboxylic acids is 1. The molecule has 1 amide bonds. The summed E-state index contributed by atoms with van der Waals surface area (Å²) in [4.78, 5) is 15.1. The molecule has 1 aliphatic heterocycles. The van der Waals surface area contributed by atoms with Crippen LogP contribution in [0.15, 0.2) is 24.3 Å². The van der Waals surface area contributed by atoms with Crippen LogP contribution in [-0.4, -0.2) is 43.5 Å². The fourth-order valence-corrected chi connectivity index (χ4v) is 4.38. The highest BCUT2D eigenvalue weighted by Gasteiger charge is 2.33. The van der Waals surface area contributed by atoms with Crippen LogP contribution in [0.25, 0.3) is 0 Å². The summed E-state index contributed by atoms with van der Waals surface area (Å²) in [6, 6.07) is 8.53. The Morgan fingerprint density at radius 3 is 2.32 bits per heavy atom. The molecule has 1 saturated heterocycles. The number of benzene rings is 1. The number of hydrogen-bond donors (Lipinski definition) is 3. The minimum absolute atomic E-state index is 0. The molecule has 2 aliphatic rings. The van der Waals surface area contributed by atoms with Crippen LogP contribution in [0.2, 0.25) is 0 Å². The van der Waals surface area contributed by atoms with E-state index in [0.717, 1.165) is 50.1 Å². The van der Waals surface area contributed by atoms with E-state index in [1.807, 2.05) is 18.2 Å². The topological polar surface area (TPSA) is 70.4 Å². The molecule has 7 heteroatoms. The van der Waals surface area contributed by atoms with Gasteiger partial charge < -0.3 is 21.3 Å². The van der Waals surface area contributed by atoms with Gasteiger partial charge in [0.05, 0.1) is 11.4 Å². The summed E-state index contributed by atoms with van der Waals surface area (Å²) < 4.78 is 0. The second-order valence-electron chi connectivity index (χ2n) is 8.26. The number of likely N-dealkylation sites (tertiary alicyclic amines) is 1. The fourth-order valence-electron chi connectivity index (χ4n) is 4.38. The summed E-state index contributed by atoms with van der Waals surface area (Å²) in [5.74, 6) is 0.0926. The summed E-state index contributed by atoms with van der Waals surface area (Å²) >= 11 is 0. The van der Waals surface area contributed by atoms with E-state index in [2.05, 4.69) is 28.6 Å². The monoisotopic (exact) mass is 430 g/mol. The largest absolute Gasteiger partial charge is 0.381 e. The Labute approximate surface area is 182 Å². The number of amides is 1. The van der Waals surface area contributed by atoms with Crippen molar-refractivity contribution >= 4 is 42.1 Å². The Balaban J connectivity index is 0.00000196. The molecule has 28 heavy (non-hydrogen) atoms.